The number of aromatic nitrogens is 2. The maximum Gasteiger partial charge on any atom is 0.0998 e. The van der Waals surface area contributed by atoms with Crippen LogP contribution in [-0.4, -0.2) is 9.13 Å². The van der Waals surface area contributed by atoms with Gasteiger partial charge in [0, 0.05) is 50.1 Å². The molecule has 1 aliphatic rings. The fourth-order valence-corrected chi connectivity index (χ4v) is 7.42. The van der Waals surface area contributed by atoms with Crippen molar-refractivity contribution in [2.24, 2.45) is 0 Å². The molecule has 48 heavy (non-hydrogen) atoms. The molecule has 4 nitrogen and oxygen atoms in total. The van der Waals surface area contributed by atoms with Crippen molar-refractivity contribution in [2.75, 3.05) is 0 Å². The van der Waals surface area contributed by atoms with E-state index in [-0.39, 0.29) is 0 Å². The van der Waals surface area contributed by atoms with Crippen molar-refractivity contribution >= 4 is 34.0 Å². The molecule has 7 aromatic rings. The predicted molar refractivity (Wildman–Crippen MR) is 197 cm³/mol. The van der Waals surface area contributed by atoms with Crippen LogP contribution in [0.15, 0.2) is 121 Å². The fourth-order valence-electron chi connectivity index (χ4n) is 7.42. The average molecular weight is 617 g/mol. The van der Waals surface area contributed by atoms with Gasteiger partial charge in [-0.2, -0.15) is 10.5 Å². The van der Waals surface area contributed by atoms with Gasteiger partial charge in [0.1, 0.15) is 0 Å². The van der Waals surface area contributed by atoms with E-state index in [0.717, 1.165) is 68.3 Å². The van der Waals surface area contributed by atoms with Crippen LogP contribution in [0.1, 0.15) is 47.0 Å². The summed E-state index contributed by atoms with van der Waals surface area (Å²) in [6.07, 6.45) is 10.9. The molecule has 2 heterocycles. The Kier molecular flexibility index (Phi) is 7.13. The maximum atomic E-state index is 10.3. The summed E-state index contributed by atoms with van der Waals surface area (Å²) >= 11 is 0. The summed E-state index contributed by atoms with van der Waals surface area (Å²) in [4.78, 5) is 0. The normalized spacial score (nSPS) is 12.4. The summed E-state index contributed by atoms with van der Waals surface area (Å²) < 4.78 is 4.65. The molecule has 0 saturated carbocycles. The molecule has 4 heteroatoms. The lowest BCUT2D eigenvalue weighted by Crippen LogP contribution is -2.04. The summed E-state index contributed by atoms with van der Waals surface area (Å²) in [6, 6.07) is 42.0. The van der Waals surface area contributed by atoms with E-state index in [2.05, 4.69) is 138 Å². The molecule has 0 amide bonds. The van der Waals surface area contributed by atoms with E-state index >= 15 is 0 Å². The highest BCUT2D eigenvalue weighted by Gasteiger charge is 2.21. The quantitative estimate of drug-likeness (QED) is 0.193. The lowest BCUT2D eigenvalue weighted by atomic mass is 9.93. The van der Waals surface area contributed by atoms with Gasteiger partial charge in [0.2, 0.25) is 0 Å². The van der Waals surface area contributed by atoms with E-state index in [1.807, 2.05) is 30.3 Å². The molecule has 0 saturated heterocycles. The van der Waals surface area contributed by atoms with Gasteiger partial charge in [-0.05, 0) is 92.4 Å². The van der Waals surface area contributed by atoms with Crippen molar-refractivity contribution < 1.29 is 0 Å². The molecule has 0 unspecified atom stereocenters. The van der Waals surface area contributed by atoms with Crippen LogP contribution in [0.25, 0.3) is 67.6 Å². The molecule has 1 aliphatic carbocycles. The third-order valence-electron chi connectivity index (χ3n) is 9.60. The van der Waals surface area contributed by atoms with Crippen LogP contribution in [0.4, 0.5) is 0 Å². The van der Waals surface area contributed by atoms with E-state index < -0.39 is 0 Å². The maximum absolute atomic E-state index is 10.3. The molecular formula is C44H32N4. The Labute approximate surface area is 280 Å². The zero-order chi connectivity index (χ0) is 32.8. The minimum atomic E-state index is 0.547. The Morgan fingerprint density at radius 1 is 0.708 bits per heavy atom. The van der Waals surface area contributed by atoms with E-state index in [4.69, 9.17) is 0 Å². The van der Waals surface area contributed by atoms with Gasteiger partial charge in [-0.25, -0.2) is 0 Å². The Hall–Kier alpha value is -6.36. The molecule has 0 atom stereocenters. The third kappa shape index (κ3) is 4.58. The Morgan fingerprint density at radius 2 is 1.42 bits per heavy atom. The van der Waals surface area contributed by atoms with Crippen molar-refractivity contribution in [3.63, 3.8) is 0 Å². The first kappa shape index (κ1) is 29.1. The highest BCUT2D eigenvalue weighted by atomic mass is 15.0. The number of benzene rings is 5. The second-order valence-electron chi connectivity index (χ2n) is 12.3. The van der Waals surface area contributed by atoms with Crippen LogP contribution in [0.5, 0.6) is 0 Å². The standard InChI is InChI=1S/C44H32N4/c1-3-10-35-29(2)47(41-14-7-4-11-36(35)41)34-22-20-31(21-23-34)32-18-19-33(28-46)39(26-32)40-25-30(27-45)17-24-44(40)48-42-15-8-5-12-37(42)38-13-6-9-16-43(38)48/h3-6,8-13,15-26H,7,14H2,1-2H3/b10-3-. The Morgan fingerprint density at radius 3 is 2.10 bits per heavy atom. The second kappa shape index (κ2) is 11.8. The molecule has 0 aliphatic heterocycles. The van der Waals surface area contributed by atoms with Crippen molar-refractivity contribution in [3.05, 3.63) is 155 Å². The van der Waals surface area contributed by atoms with Crippen LogP contribution in [0, 0.1) is 29.6 Å². The van der Waals surface area contributed by atoms with Gasteiger partial charge in [0.25, 0.3) is 0 Å². The molecule has 0 bridgehead atoms. The largest absolute Gasteiger partial charge is 0.317 e. The highest BCUT2D eigenvalue weighted by Crippen LogP contribution is 2.39. The van der Waals surface area contributed by atoms with Crippen LogP contribution in [-0.2, 0) is 6.42 Å². The van der Waals surface area contributed by atoms with E-state index in [1.54, 1.807) is 0 Å². The van der Waals surface area contributed by atoms with Crippen molar-refractivity contribution in [3.8, 4) is 45.8 Å². The highest BCUT2D eigenvalue weighted by molar-refractivity contribution is 6.09. The molecule has 8 rings (SSSR count). The van der Waals surface area contributed by atoms with E-state index in [9.17, 15) is 10.5 Å². The van der Waals surface area contributed by atoms with Crippen molar-refractivity contribution in [1.29, 1.82) is 10.5 Å². The smallest absolute Gasteiger partial charge is 0.0998 e. The lowest BCUT2D eigenvalue weighted by molar-refractivity contribution is 0.857. The number of nitriles is 2. The molecule has 228 valence electrons. The molecular weight excluding hydrogens is 585 g/mol. The SMILES string of the molecule is C/C=C\c1c2c(n(-c3ccc(-c4ccc(C#N)c(-c5cc(C#N)ccc5-n5c6ccccc6c6ccccc65)c4)cc3)c1C)CCC=C2. The lowest BCUT2D eigenvalue weighted by Gasteiger charge is -2.17. The molecule has 0 fully saturated rings. The van der Waals surface area contributed by atoms with Gasteiger partial charge >= 0.3 is 0 Å². The molecule has 0 spiro atoms. The summed E-state index contributed by atoms with van der Waals surface area (Å²) in [5.41, 5.74) is 14.2. The zero-order valence-electron chi connectivity index (χ0n) is 26.9. The van der Waals surface area contributed by atoms with Gasteiger partial charge in [-0.3, -0.25) is 0 Å². The zero-order valence-corrected chi connectivity index (χ0v) is 26.9. The van der Waals surface area contributed by atoms with Crippen molar-refractivity contribution in [2.45, 2.75) is 26.7 Å². The number of hydrogen-bond acceptors (Lipinski definition) is 2. The number of rotatable bonds is 5. The minimum Gasteiger partial charge on any atom is -0.317 e. The average Bonchev–Trinajstić information content (AvgIpc) is 3.62. The minimum absolute atomic E-state index is 0.547. The number of para-hydroxylation sites is 2. The van der Waals surface area contributed by atoms with Gasteiger partial charge < -0.3 is 9.13 Å². The number of allylic oxidation sites excluding steroid dienone is 2. The van der Waals surface area contributed by atoms with Crippen LogP contribution < -0.4 is 0 Å². The Bertz CT molecular complexity index is 2490. The summed E-state index contributed by atoms with van der Waals surface area (Å²) in [7, 11) is 0. The topological polar surface area (TPSA) is 57.4 Å². The number of nitrogens with zero attached hydrogens (tertiary/aromatic N) is 4. The van der Waals surface area contributed by atoms with Gasteiger partial charge in [0.05, 0.1) is 40.0 Å². The monoisotopic (exact) mass is 616 g/mol. The molecule has 0 N–H and O–H groups in total. The van der Waals surface area contributed by atoms with Crippen molar-refractivity contribution in [1.82, 2.24) is 9.13 Å². The van der Waals surface area contributed by atoms with Crippen LogP contribution in [0.3, 0.4) is 0 Å². The number of hydrogen-bond donors (Lipinski definition) is 0. The molecule has 5 aromatic carbocycles. The van der Waals surface area contributed by atoms with Gasteiger partial charge in [-0.1, -0.05) is 78.9 Å². The van der Waals surface area contributed by atoms with Crippen LogP contribution >= 0.6 is 0 Å². The first-order chi connectivity index (χ1) is 23.6. The molecule has 0 radical (unpaired) electrons. The summed E-state index contributed by atoms with van der Waals surface area (Å²) in [5, 5.41) is 22.6. The third-order valence-corrected chi connectivity index (χ3v) is 9.60. The van der Waals surface area contributed by atoms with Gasteiger partial charge in [-0.15, -0.1) is 0 Å². The second-order valence-corrected chi connectivity index (χ2v) is 12.3. The van der Waals surface area contributed by atoms with E-state index in [0.29, 0.717) is 11.1 Å². The van der Waals surface area contributed by atoms with Gasteiger partial charge in [0.15, 0.2) is 0 Å². The summed E-state index contributed by atoms with van der Waals surface area (Å²) in [5.74, 6) is 0. The fraction of sp³-hybridized carbons (Fsp3) is 0.0909. The summed E-state index contributed by atoms with van der Waals surface area (Å²) in [6.45, 7) is 4.27. The Balaban J connectivity index is 1.28. The molecule has 2 aromatic heterocycles. The van der Waals surface area contributed by atoms with Crippen LogP contribution in [0.2, 0.25) is 0 Å². The number of fused-ring (bicyclic) bond motifs is 4. The first-order valence-electron chi connectivity index (χ1n) is 16.3. The first-order valence-corrected chi connectivity index (χ1v) is 16.3. The van der Waals surface area contributed by atoms with E-state index in [1.165, 1.54) is 22.5 Å². The predicted octanol–water partition coefficient (Wildman–Crippen LogP) is 11.0.